The first-order valence-corrected chi connectivity index (χ1v) is 6.86. The summed E-state index contributed by atoms with van der Waals surface area (Å²) in [6, 6.07) is 0. The van der Waals surface area contributed by atoms with Gasteiger partial charge in [0.2, 0.25) is 7.37 Å². The Morgan fingerprint density at radius 2 is 2.13 bits per heavy atom. The second-order valence-corrected chi connectivity index (χ2v) is 5.90. The smallest absolute Gasteiger partial charge is 0.319 e. The van der Waals surface area contributed by atoms with Crippen molar-refractivity contribution in [3.05, 3.63) is 0 Å². The normalized spacial score (nSPS) is 15.9. The molecule has 4 nitrogen and oxygen atoms in total. The number of hydrogen-bond donors (Lipinski definition) is 1. The molecular formula is C10H17O4P. The molecule has 0 bridgehead atoms. The van der Waals surface area contributed by atoms with E-state index in [1.165, 1.54) is 0 Å². The van der Waals surface area contributed by atoms with Crippen LogP contribution in [0.4, 0.5) is 0 Å². The molecule has 0 aliphatic heterocycles. The molecule has 0 saturated heterocycles. The summed E-state index contributed by atoms with van der Waals surface area (Å²) in [6.45, 7) is 5.36. The van der Waals surface area contributed by atoms with Crippen molar-refractivity contribution in [3.63, 3.8) is 0 Å². The average Bonchev–Trinajstić information content (AvgIpc) is 2.17. The monoisotopic (exact) mass is 232 g/mol. The predicted octanol–water partition coefficient (Wildman–Crippen LogP) is 2.04. The maximum Gasteiger partial charge on any atom is 0.319 e. The van der Waals surface area contributed by atoms with Crippen molar-refractivity contribution < 1.29 is 19.0 Å². The number of carboxylic acids is 1. The lowest BCUT2D eigenvalue weighted by Crippen LogP contribution is -2.17. The zero-order chi connectivity index (χ0) is 11.9. The summed E-state index contributed by atoms with van der Waals surface area (Å²) < 4.78 is 17.1. The van der Waals surface area contributed by atoms with Gasteiger partial charge in [0.15, 0.2) is 0 Å². The fourth-order valence-corrected chi connectivity index (χ4v) is 2.97. The van der Waals surface area contributed by atoms with E-state index < -0.39 is 19.3 Å². The van der Waals surface area contributed by atoms with Gasteiger partial charge in [0.1, 0.15) is 5.92 Å². The van der Waals surface area contributed by atoms with Gasteiger partial charge in [-0.1, -0.05) is 12.8 Å². The SMILES string of the molecule is CC#CC(CP(=O)(CC)OCC)C(=O)O. The first-order valence-electron chi connectivity index (χ1n) is 4.86. The summed E-state index contributed by atoms with van der Waals surface area (Å²) in [5.74, 6) is 3.12. The van der Waals surface area contributed by atoms with Crippen LogP contribution in [0.5, 0.6) is 0 Å². The maximum atomic E-state index is 12.0. The van der Waals surface area contributed by atoms with Crippen LogP contribution in [0.15, 0.2) is 0 Å². The van der Waals surface area contributed by atoms with Gasteiger partial charge < -0.3 is 9.63 Å². The minimum Gasteiger partial charge on any atom is -0.480 e. The summed E-state index contributed by atoms with van der Waals surface area (Å²) in [7, 11) is -2.82. The van der Waals surface area contributed by atoms with Crippen LogP contribution in [0.3, 0.4) is 0 Å². The molecule has 0 saturated carbocycles. The van der Waals surface area contributed by atoms with Crippen molar-refractivity contribution in [1.29, 1.82) is 0 Å². The summed E-state index contributed by atoms with van der Waals surface area (Å²) in [6.07, 6.45) is 0.337. The Labute approximate surface area is 90.5 Å². The van der Waals surface area contributed by atoms with E-state index >= 15 is 0 Å². The van der Waals surface area contributed by atoms with E-state index in [2.05, 4.69) is 11.8 Å². The second kappa shape index (κ2) is 6.66. The fraction of sp³-hybridized carbons (Fsp3) is 0.700. The molecule has 0 amide bonds. The summed E-state index contributed by atoms with van der Waals surface area (Å²) >= 11 is 0. The van der Waals surface area contributed by atoms with Crippen molar-refractivity contribution in [2.45, 2.75) is 20.8 Å². The highest BCUT2D eigenvalue weighted by atomic mass is 31.2. The molecule has 0 aromatic carbocycles. The molecule has 0 rings (SSSR count). The molecule has 0 fully saturated rings. The first kappa shape index (κ1) is 14.2. The van der Waals surface area contributed by atoms with E-state index in [0.29, 0.717) is 12.8 Å². The topological polar surface area (TPSA) is 63.6 Å². The third-order valence-electron chi connectivity index (χ3n) is 1.92. The largest absolute Gasteiger partial charge is 0.480 e. The molecule has 86 valence electrons. The van der Waals surface area contributed by atoms with E-state index in [0.717, 1.165) is 0 Å². The van der Waals surface area contributed by atoms with Gasteiger partial charge in [0, 0.05) is 12.3 Å². The van der Waals surface area contributed by atoms with E-state index in [1.807, 2.05) is 0 Å². The van der Waals surface area contributed by atoms with Gasteiger partial charge in [-0.05, 0) is 13.8 Å². The van der Waals surface area contributed by atoms with Gasteiger partial charge in [-0.3, -0.25) is 9.36 Å². The van der Waals surface area contributed by atoms with E-state index in [4.69, 9.17) is 9.63 Å². The summed E-state index contributed by atoms with van der Waals surface area (Å²) in [4.78, 5) is 10.8. The Balaban J connectivity index is 4.67. The van der Waals surface area contributed by atoms with Crippen molar-refractivity contribution in [2.75, 3.05) is 18.9 Å². The van der Waals surface area contributed by atoms with Gasteiger partial charge in [0.05, 0.1) is 6.61 Å². The van der Waals surface area contributed by atoms with E-state index in [-0.39, 0.29) is 6.16 Å². The van der Waals surface area contributed by atoms with Crippen LogP contribution in [0.2, 0.25) is 0 Å². The van der Waals surface area contributed by atoms with Crippen LogP contribution >= 0.6 is 7.37 Å². The molecule has 0 radical (unpaired) electrons. The highest BCUT2D eigenvalue weighted by molar-refractivity contribution is 7.59. The van der Waals surface area contributed by atoms with E-state index in [1.54, 1.807) is 20.8 Å². The van der Waals surface area contributed by atoms with E-state index in [9.17, 15) is 9.36 Å². The maximum absolute atomic E-state index is 12.0. The minimum atomic E-state index is -2.82. The van der Waals surface area contributed by atoms with Gasteiger partial charge in [0.25, 0.3) is 0 Å². The van der Waals surface area contributed by atoms with Gasteiger partial charge >= 0.3 is 5.97 Å². The van der Waals surface area contributed by atoms with Crippen LogP contribution in [0.25, 0.3) is 0 Å². The average molecular weight is 232 g/mol. The fourth-order valence-electron chi connectivity index (χ4n) is 1.15. The standard InChI is InChI=1S/C10H17O4P/c1-4-7-9(10(11)12)8-15(13,6-3)14-5-2/h9H,5-6,8H2,1-3H3,(H,11,12). The van der Waals surface area contributed by atoms with Crippen LogP contribution in [0.1, 0.15) is 20.8 Å². The Kier molecular flexibility index (Phi) is 6.31. The third kappa shape index (κ3) is 5.01. The first-order chi connectivity index (χ1) is 6.99. The van der Waals surface area contributed by atoms with Crippen LogP contribution in [0, 0.1) is 17.8 Å². The predicted molar refractivity (Wildman–Crippen MR) is 59.2 cm³/mol. The van der Waals surface area contributed by atoms with Crippen molar-refractivity contribution in [1.82, 2.24) is 0 Å². The molecule has 2 atom stereocenters. The molecule has 5 heteroatoms. The zero-order valence-electron chi connectivity index (χ0n) is 9.32. The Morgan fingerprint density at radius 3 is 2.47 bits per heavy atom. The van der Waals surface area contributed by atoms with Gasteiger partial charge in [-0.15, -0.1) is 5.92 Å². The molecule has 2 unspecified atom stereocenters. The molecule has 0 aromatic heterocycles. The molecule has 0 aliphatic carbocycles. The minimum absolute atomic E-state index is 0.00644. The van der Waals surface area contributed by atoms with Crippen LogP contribution in [-0.2, 0) is 13.9 Å². The Morgan fingerprint density at radius 1 is 1.53 bits per heavy atom. The highest BCUT2D eigenvalue weighted by Crippen LogP contribution is 2.47. The Hall–Kier alpha value is -0.780. The number of carbonyl (C=O) groups is 1. The summed E-state index contributed by atoms with van der Waals surface area (Å²) in [5, 5.41) is 8.85. The molecule has 0 aromatic rings. The summed E-state index contributed by atoms with van der Waals surface area (Å²) in [5.41, 5.74) is 0. The Bertz CT molecular complexity index is 313. The van der Waals surface area contributed by atoms with Crippen molar-refractivity contribution >= 4 is 13.3 Å². The number of aliphatic carboxylic acids is 1. The van der Waals surface area contributed by atoms with Crippen LogP contribution < -0.4 is 0 Å². The lowest BCUT2D eigenvalue weighted by atomic mass is 10.2. The highest BCUT2D eigenvalue weighted by Gasteiger charge is 2.28. The van der Waals surface area contributed by atoms with Crippen LogP contribution in [-0.4, -0.2) is 30.0 Å². The molecule has 1 N–H and O–H groups in total. The number of hydrogen-bond acceptors (Lipinski definition) is 3. The molecule has 0 spiro atoms. The number of carboxylic acid groups (broad SMARTS) is 1. The molecular weight excluding hydrogens is 215 g/mol. The molecule has 0 heterocycles. The van der Waals surface area contributed by atoms with Crippen molar-refractivity contribution in [2.24, 2.45) is 5.92 Å². The van der Waals surface area contributed by atoms with Gasteiger partial charge in [-0.2, -0.15) is 0 Å². The molecule has 0 aliphatic rings. The number of rotatable bonds is 6. The van der Waals surface area contributed by atoms with Gasteiger partial charge in [-0.25, -0.2) is 0 Å². The quantitative estimate of drug-likeness (QED) is 0.562. The molecule has 15 heavy (non-hydrogen) atoms. The zero-order valence-corrected chi connectivity index (χ0v) is 10.2. The van der Waals surface area contributed by atoms with Crippen molar-refractivity contribution in [3.8, 4) is 11.8 Å². The second-order valence-electron chi connectivity index (χ2n) is 3.02. The third-order valence-corrected chi connectivity index (χ3v) is 4.54. The lowest BCUT2D eigenvalue weighted by molar-refractivity contribution is -0.139. The lowest BCUT2D eigenvalue weighted by Gasteiger charge is -2.17.